The first-order valence-corrected chi connectivity index (χ1v) is 8.61. The highest BCUT2D eigenvalue weighted by molar-refractivity contribution is 6.30. The van der Waals surface area contributed by atoms with Gasteiger partial charge in [0, 0.05) is 23.3 Å². The third kappa shape index (κ3) is 4.18. The van der Waals surface area contributed by atoms with Gasteiger partial charge in [-0.05, 0) is 43.2 Å². The Balaban J connectivity index is 1.78. The van der Waals surface area contributed by atoms with E-state index in [0.717, 1.165) is 11.3 Å². The minimum absolute atomic E-state index is 0.126. The van der Waals surface area contributed by atoms with Gasteiger partial charge in [0.2, 0.25) is 5.43 Å². The summed E-state index contributed by atoms with van der Waals surface area (Å²) in [7, 11) is 0. The minimum atomic E-state index is -0.478. The molecule has 0 aliphatic heterocycles. The van der Waals surface area contributed by atoms with E-state index in [0.29, 0.717) is 23.7 Å². The van der Waals surface area contributed by atoms with E-state index in [1.54, 1.807) is 35.9 Å². The van der Waals surface area contributed by atoms with Crippen molar-refractivity contribution in [1.29, 1.82) is 0 Å². The van der Waals surface area contributed by atoms with E-state index >= 15 is 0 Å². The van der Waals surface area contributed by atoms with Gasteiger partial charge in [-0.1, -0.05) is 41.9 Å². The molecule has 0 fully saturated rings. The first-order chi connectivity index (χ1) is 12.5. The zero-order valence-electron chi connectivity index (χ0n) is 14.3. The summed E-state index contributed by atoms with van der Waals surface area (Å²) in [5.74, 6) is -0.478. The fourth-order valence-corrected chi connectivity index (χ4v) is 2.72. The smallest absolute Gasteiger partial charge is 0.275 e. The van der Waals surface area contributed by atoms with Crippen LogP contribution >= 0.6 is 11.6 Å². The lowest BCUT2D eigenvalue weighted by Crippen LogP contribution is -2.33. The SMILES string of the molecule is Cc1cc(=O)c(C(=O)NCCc2ccccc2)nn1-c1ccc(Cl)cc1. The van der Waals surface area contributed by atoms with Crippen molar-refractivity contribution in [2.75, 3.05) is 6.54 Å². The molecule has 0 saturated heterocycles. The minimum Gasteiger partial charge on any atom is -0.350 e. The lowest BCUT2D eigenvalue weighted by molar-refractivity contribution is 0.0946. The Kier molecular flexibility index (Phi) is 5.49. The number of halogens is 1. The molecule has 0 unspecified atom stereocenters. The molecular weight excluding hydrogens is 350 g/mol. The van der Waals surface area contributed by atoms with Gasteiger partial charge in [0.25, 0.3) is 5.91 Å². The highest BCUT2D eigenvalue weighted by Crippen LogP contribution is 2.13. The standard InChI is InChI=1S/C20H18ClN3O2/c1-14-13-18(25)19(23-24(14)17-9-7-16(21)8-10-17)20(26)22-12-11-15-5-3-2-4-6-15/h2-10,13H,11-12H2,1H3,(H,22,26). The number of carbonyl (C=O) groups excluding carboxylic acids is 1. The average molecular weight is 368 g/mol. The molecule has 2 aromatic carbocycles. The Morgan fingerprint density at radius 1 is 1.12 bits per heavy atom. The molecule has 0 saturated carbocycles. The van der Waals surface area contributed by atoms with Crippen LogP contribution in [0.2, 0.25) is 5.02 Å². The molecule has 0 aliphatic carbocycles. The molecule has 1 amide bonds. The maximum atomic E-state index is 12.4. The summed E-state index contributed by atoms with van der Waals surface area (Å²) < 4.78 is 1.56. The number of amides is 1. The summed E-state index contributed by atoms with van der Waals surface area (Å²) in [6.07, 6.45) is 0.684. The molecule has 5 nitrogen and oxygen atoms in total. The lowest BCUT2D eigenvalue weighted by Gasteiger charge is -2.11. The second kappa shape index (κ2) is 7.97. The van der Waals surface area contributed by atoms with Crippen molar-refractivity contribution in [2.24, 2.45) is 0 Å². The van der Waals surface area contributed by atoms with Crippen LogP contribution in [-0.2, 0) is 6.42 Å². The molecule has 0 spiro atoms. The van der Waals surface area contributed by atoms with Crippen LogP contribution in [-0.4, -0.2) is 22.2 Å². The van der Waals surface area contributed by atoms with Gasteiger partial charge in [0.15, 0.2) is 5.69 Å². The van der Waals surface area contributed by atoms with Crippen molar-refractivity contribution < 1.29 is 4.79 Å². The third-order valence-corrected chi connectivity index (χ3v) is 4.19. The zero-order valence-corrected chi connectivity index (χ0v) is 15.0. The van der Waals surface area contributed by atoms with E-state index in [1.807, 2.05) is 30.3 Å². The number of benzene rings is 2. The maximum absolute atomic E-state index is 12.4. The number of nitrogens with one attached hydrogen (secondary N) is 1. The third-order valence-electron chi connectivity index (χ3n) is 3.94. The van der Waals surface area contributed by atoms with Crippen molar-refractivity contribution in [3.63, 3.8) is 0 Å². The average Bonchev–Trinajstić information content (AvgIpc) is 2.63. The van der Waals surface area contributed by atoms with Gasteiger partial charge >= 0.3 is 0 Å². The quantitative estimate of drug-likeness (QED) is 0.753. The molecule has 1 N–H and O–H groups in total. The molecule has 132 valence electrons. The fourth-order valence-electron chi connectivity index (χ4n) is 2.60. The second-order valence-corrected chi connectivity index (χ2v) is 6.31. The van der Waals surface area contributed by atoms with Crippen LogP contribution in [0.3, 0.4) is 0 Å². The van der Waals surface area contributed by atoms with Gasteiger partial charge in [0.05, 0.1) is 5.69 Å². The fraction of sp³-hybridized carbons (Fsp3) is 0.150. The van der Waals surface area contributed by atoms with Crippen molar-refractivity contribution in [1.82, 2.24) is 15.1 Å². The molecule has 1 aromatic heterocycles. The van der Waals surface area contributed by atoms with Crippen molar-refractivity contribution in [3.8, 4) is 5.69 Å². The Hall–Kier alpha value is -2.92. The molecule has 0 aliphatic rings. The largest absolute Gasteiger partial charge is 0.350 e. The predicted molar refractivity (Wildman–Crippen MR) is 102 cm³/mol. The van der Waals surface area contributed by atoms with Crippen molar-refractivity contribution in [2.45, 2.75) is 13.3 Å². The van der Waals surface area contributed by atoms with Crippen LogP contribution in [0.5, 0.6) is 0 Å². The Morgan fingerprint density at radius 2 is 1.81 bits per heavy atom. The number of hydrogen-bond donors (Lipinski definition) is 1. The second-order valence-electron chi connectivity index (χ2n) is 5.88. The zero-order chi connectivity index (χ0) is 18.5. The maximum Gasteiger partial charge on any atom is 0.275 e. The monoisotopic (exact) mass is 367 g/mol. The molecule has 26 heavy (non-hydrogen) atoms. The molecule has 0 bridgehead atoms. The first kappa shape index (κ1) is 17.9. The van der Waals surface area contributed by atoms with Gasteiger partial charge in [-0.15, -0.1) is 0 Å². The topological polar surface area (TPSA) is 64.0 Å². The molecule has 0 radical (unpaired) electrons. The highest BCUT2D eigenvalue weighted by atomic mass is 35.5. The van der Waals surface area contributed by atoms with Crippen molar-refractivity contribution >= 4 is 17.5 Å². The number of aromatic nitrogens is 2. The van der Waals surface area contributed by atoms with E-state index in [-0.39, 0.29) is 5.69 Å². The van der Waals surface area contributed by atoms with Crippen LogP contribution in [0.25, 0.3) is 5.69 Å². The summed E-state index contributed by atoms with van der Waals surface area (Å²) in [5, 5.41) is 7.61. The lowest BCUT2D eigenvalue weighted by atomic mass is 10.1. The number of nitrogens with zero attached hydrogens (tertiary/aromatic N) is 2. The van der Waals surface area contributed by atoms with Crippen LogP contribution in [0.15, 0.2) is 65.5 Å². The van der Waals surface area contributed by atoms with Gasteiger partial charge in [0.1, 0.15) is 0 Å². The van der Waals surface area contributed by atoms with E-state index in [4.69, 9.17) is 11.6 Å². The summed E-state index contributed by atoms with van der Waals surface area (Å²) in [6, 6.07) is 18.3. The van der Waals surface area contributed by atoms with E-state index in [2.05, 4.69) is 10.4 Å². The predicted octanol–water partition coefficient (Wildman–Crippen LogP) is 3.17. The summed E-state index contributed by atoms with van der Waals surface area (Å²) in [4.78, 5) is 24.6. The number of rotatable bonds is 5. The van der Waals surface area contributed by atoms with Crippen molar-refractivity contribution in [3.05, 3.63) is 92.9 Å². The van der Waals surface area contributed by atoms with Crippen LogP contribution in [0.1, 0.15) is 21.7 Å². The molecule has 0 atom stereocenters. The van der Waals surface area contributed by atoms with E-state index in [1.165, 1.54) is 6.07 Å². The molecule has 1 heterocycles. The van der Waals surface area contributed by atoms with Crippen LogP contribution in [0, 0.1) is 6.92 Å². The number of aryl methyl sites for hydroxylation is 1. The Morgan fingerprint density at radius 3 is 2.50 bits per heavy atom. The molecule has 3 aromatic rings. The summed E-state index contributed by atoms with van der Waals surface area (Å²) in [5.41, 5.74) is 1.95. The summed E-state index contributed by atoms with van der Waals surface area (Å²) >= 11 is 5.91. The Labute approximate surface area is 156 Å². The van der Waals surface area contributed by atoms with Crippen LogP contribution in [0.4, 0.5) is 0 Å². The van der Waals surface area contributed by atoms with E-state index in [9.17, 15) is 9.59 Å². The van der Waals surface area contributed by atoms with E-state index < -0.39 is 11.3 Å². The van der Waals surface area contributed by atoms with Gasteiger partial charge in [-0.3, -0.25) is 9.59 Å². The van der Waals surface area contributed by atoms with Gasteiger partial charge in [-0.2, -0.15) is 5.10 Å². The number of hydrogen-bond acceptors (Lipinski definition) is 3. The van der Waals surface area contributed by atoms with Gasteiger partial charge < -0.3 is 5.32 Å². The molecule has 3 rings (SSSR count). The normalized spacial score (nSPS) is 10.5. The van der Waals surface area contributed by atoms with Gasteiger partial charge in [-0.25, -0.2) is 4.68 Å². The first-order valence-electron chi connectivity index (χ1n) is 8.23. The molecular formula is C20H18ClN3O2. The van der Waals surface area contributed by atoms with Crippen LogP contribution < -0.4 is 10.7 Å². The number of carbonyl (C=O) groups is 1. The summed E-state index contributed by atoms with van der Waals surface area (Å²) in [6.45, 7) is 2.19. The molecule has 6 heteroatoms. The Bertz CT molecular complexity index is 967. The highest BCUT2D eigenvalue weighted by Gasteiger charge is 2.15.